The molecule has 2 heteroatoms. The first kappa shape index (κ1) is 8.57. The van der Waals surface area contributed by atoms with Crippen LogP contribution in [0.15, 0.2) is 0 Å². The molecular weight excluding hydrogens is 138 g/mol. The summed E-state index contributed by atoms with van der Waals surface area (Å²) in [6.07, 6.45) is 3.42. The molecule has 1 aliphatic heterocycles. The van der Waals surface area contributed by atoms with E-state index in [0.717, 1.165) is 13.0 Å². The Kier molecular flexibility index (Phi) is 2.21. The number of hydrogen-bond acceptors (Lipinski definition) is 1. The van der Waals surface area contributed by atoms with Gasteiger partial charge in [-0.05, 0) is 26.2 Å². The predicted molar refractivity (Wildman–Crippen MR) is 45.3 cm³/mol. The Hall–Kier alpha value is -0.530. The van der Waals surface area contributed by atoms with Crippen LogP contribution in [0.2, 0.25) is 0 Å². The van der Waals surface area contributed by atoms with Crippen molar-refractivity contribution in [2.45, 2.75) is 45.6 Å². The second-order valence-electron chi connectivity index (χ2n) is 3.62. The van der Waals surface area contributed by atoms with Gasteiger partial charge < -0.3 is 4.90 Å². The monoisotopic (exact) mass is 155 g/mol. The third-order valence-electron chi connectivity index (χ3n) is 2.89. The van der Waals surface area contributed by atoms with E-state index in [1.54, 1.807) is 6.92 Å². The average molecular weight is 155 g/mol. The van der Waals surface area contributed by atoms with Gasteiger partial charge in [0.1, 0.15) is 0 Å². The van der Waals surface area contributed by atoms with E-state index in [2.05, 4.69) is 13.8 Å². The van der Waals surface area contributed by atoms with Crippen molar-refractivity contribution in [2.24, 2.45) is 0 Å². The van der Waals surface area contributed by atoms with Crippen molar-refractivity contribution in [3.05, 3.63) is 0 Å². The molecule has 0 saturated carbocycles. The number of carbonyl (C=O) groups is 1. The molecule has 1 aliphatic rings. The van der Waals surface area contributed by atoms with E-state index >= 15 is 0 Å². The molecule has 1 rings (SSSR count). The Morgan fingerprint density at radius 1 is 1.64 bits per heavy atom. The minimum atomic E-state index is 0.159. The molecule has 0 aliphatic carbocycles. The Morgan fingerprint density at radius 3 is 2.64 bits per heavy atom. The molecule has 0 N–H and O–H groups in total. The minimum Gasteiger partial charge on any atom is -0.338 e. The fourth-order valence-electron chi connectivity index (χ4n) is 1.93. The van der Waals surface area contributed by atoms with Crippen LogP contribution in [0.1, 0.15) is 40.0 Å². The van der Waals surface area contributed by atoms with Crippen molar-refractivity contribution in [1.29, 1.82) is 0 Å². The quantitative estimate of drug-likeness (QED) is 0.565. The molecule has 0 spiro atoms. The topological polar surface area (TPSA) is 20.3 Å². The van der Waals surface area contributed by atoms with Gasteiger partial charge in [-0.1, -0.05) is 6.92 Å². The van der Waals surface area contributed by atoms with Crippen molar-refractivity contribution in [3.8, 4) is 0 Å². The smallest absolute Gasteiger partial charge is 0.219 e. The lowest BCUT2D eigenvalue weighted by Crippen LogP contribution is -2.43. The van der Waals surface area contributed by atoms with Gasteiger partial charge in [0.15, 0.2) is 0 Å². The third-order valence-corrected chi connectivity index (χ3v) is 2.89. The molecule has 0 radical (unpaired) electrons. The lowest BCUT2D eigenvalue weighted by Gasteiger charge is -2.33. The number of amides is 1. The summed E-state index contributed by atoms with van der Waals surface area (Å²) in [6, 6.07) is 0. The first-order valence-electron chi connectivity index (χ1n) is 4.38. The Labute approximate surface area is 68.6 Å². The molecule has 0 bridgehead atoms. The van der Waals surface area contributed by atoms with Crippen molar-refractivity contribution in [2.75, 3.05) is 6.54 Å². The van der Waals surface area contributed by atoms with E-state index in [9.17, 15) is 4.79 Å². The van der Waals surface area contributed by atoms with Gasteiger partial charge in [-0.15, -0.1) is 0 Å². The van der Waals surface area contributed by atoms with Gasteiger partial charge in [0.05, 0.1) is 0 Å². The van der Waals surface area contributed by atoms with Crippen molar-refractivity contribution in [1.82, 2.24) is 4.90 Å². The highest BCUT2D eigenvalue weighted by atomic mass is 16.2. The first-order chi connectivity index (χ1) is 5.10. The number of hydrogen-bond donors (Lipinski definition) is 0. The lowest BCUT2D eigenvalue weighted by molar-refractivity contribution is -0.132. The van der Waals surface area contributed by atoms with Crippen LogP contribution in [0.4, 0.5) is 0 Å². The normalized spacial score (nSPS) is 31.0. The molecule has 0 unspecified atom stereocenters. The van der Waals surface area contributed by atoms with Crippen LogP contribution in [-0.2, 0) is 4.79 Å². The molecule has 1 amide bonds. The number of nitrogens with zero attached hydrogens (tertiary/aromatic N) is 1. The number of rotatable bonds is 1. The molecule has 0 aromatic rings. The zero-order valence-electron chi connectivity index (χ0n) is 7.68. The average Bonchev–Trinajstić information content (AvgIpc) is 2.32. The maximum atomic E-state index is 11.1. The molecule has 0 aromatic heterocycles. The highest BCUT2D eigenvalue weighted by Gasteiger charge is 2.35. The zero-order chi connectivity index (χ0) is 8.48. The summed E-state index contributed by atoms with van der Waals surface area (Å²) in [5, 5.41) is 0. The van der Waals surface area contributed by atoms with E-state index in [4.69, 9.17) is 0 Å². The van der Waals surface area contributed by atoms with Crippen LogP contribution in [0, 0.1) is 0 Å². The predicted octanol–water partition coefficient (Wildman–Crippen LogP) is 1.80. The number of carbonyl (C=O) groups excluding carboxylic acids is 1. The molecule has 1 atom stereocenters. The molecule has 1 heterocycles. The standard InChI is InChI=1S/C9H17NO/c1-4-9(3)6-5-7-10(9)8(2)11/h4-7H2,1-3H3/t9-/m0/s1. The minimum absolute atomic E-state index is 0.159. The van der Waals surface area contributed by atoms with Gasteiger partial charge in [-0.25, -0.2) is 0 Å². The summed E-state index contributed by atoms with van der Waals surface area (Å²) < 4.78 is 0. The fourth-order valence-corrected chi connectivity index (χ4v) is 1.93. The maximum Gasteiger partial charge on any atom is 0.219 e. The Bertz CT molecular complexity index is 167. The molecule has 11 heavy (non-hydrogen) atoms. The summed E-state index contributed by atoms with van der Waals surface area (Å²) in [6.45, 7) is 6.96. The summed E-state index contributed by atoms with van der Waals surface area (Å²) in [5.41, 5.74) is 0.159. The SMILES string of the molecule is CC[C@@]1(C)CCCN1C(C)=O. The third kappa shape index (κ3) is 1.39. The first-order valence-corrected chi connectivity index (χ1v) is 4.38. The largest absolute Gasteiger partial charge is 0.338 e. The summed E-state index contributed by atoms with van der Waals surface area (Å²) in [4.78, 5) is 13.2. The maximum absolute atomic E-state index is 11.1. The van der Waals surface area contributed by atoms with Crippen LogP contribution in [-0.4, -0.2) is 22.9 Å². The van der Waals surface area contributed by atoms with Crippen LogP contribution in [0.3, 0.4) is 0 Å². The molecule has 1 saturated heterocycles. The molecule has 64 valence electrons. The Morgan fingerprint density at radius 2 is 2.27 bits per heavy atom. The van der Waals surface area contributed by atoms with E-state index < -0.39 is 0 Å². The highest BCUT2D eigenvalue weighted by Crippen LogP contribution is 2.31. The van der Waals surface area contributed by atoms with Crippen molar-refractivity contribution >= 4 is 5.91 Å². The summed E-state index contributed by atoms with van der Waals surface area (Å²) in [5.74, 6) is 0.229. The molecular formula is C9H17NO. The van der Waals surface area contributed by atoms with Gasteiger partial charge in [-0.2, -0.15) is 0 Å². The van der Waals surface area contributed by atoms with Gasteiger partial charge in [0.25, 0.3) is 0 Å². The molecule has 1 fully saturated rings. The Balaban J connectivity index is 2.72. The summed E-state index contributed by atoms with van der Waals surface area (Å²) >= 11 is 0. The van der Waals surface area contributed by atoms with Crippen LogP contribution >= 0.6 is 0 Å². The van der Waals surface area contributed by atoms with E-state index in [1.807, 2.05) is 4.90 Å². The molecule has 0 aromatic carbocycles. The van der Waals surface area contributed by atoms with Gasteiger partial charge in [0, 0.05) is 19.0 Å². The second kappa shape index (κ2) is 2.84. The van der Waals surface area contributed by atoms with Crippen LogP contribution < -0.4 is 0 Å². The van der Waals surface area contributed by atoms with E-state index in [0.29, 0.717) is 0 Å². The van der Waals surface area contributed by atoms with Gasteiger partial charge in [-0.3, -0.25) is 4.79 Å². The van der Waals surface area contributed by atoms with Gasteiger partial charge in [0.2, 0.25) is 5.91 Å². The van der Waals surface area contributed by atoms with Crippen LogP contribution in [0.5, 0.6) is 0 Å². The molecule has 2 nitrogen and oxygen atoms in total. The lowest BCUT2D eigenvalue weighted by atomic mass is 9.96. The summed E-state index contributed by atoms with van der Waals surface area (Å²) in [7, 11) is 0. The second-order valence-corrected chi connectivity index (χ2v) is 3.62. The van der Waals surface area contributed by atoms with Crippen LogP contribution in [0.25, 0.3) is 0 Å². The number of likely N-dealkylation sites (tertiary alicyclic amines) is 1. The van der Waals surface area contributed by atoms with E-state index in [-0.39, 0.29) is 11.4 Å². The van der Waals surface area contributed by atoms with E-state index in [1.165, 1.54) is 12.8 Å². The van der Waals surface area contributed by atoms with Crippen molar-refractivity contribution < 1.29 is 4.79 Å². The van der Waals surface area contributed by atoms with Gasteiger partial charge >= 0.3 is 0 Å². The fraction of sp³-hybridized carbons (Fsp3) is 0.889. The van der Waals surface area contributed by atoms with Crippen molar-refractivity contribution in [3.63, 3.8) is 0 Å². The zero-order valence-corrected chi connectivity index (χ0v) is 7.68. The highest BCUT2D eigenvalue weighted by molar-refractivity contribution is 5.74.